The quantitative estimate of drug-likeness (QED) is 0.704. The summed E-state index contributed by atoms with van der Waals surface area (Å²) in [5, 5.41) is 14.9. The Kier molecular flexibility index (Phi) is 6.02. The molecule has 8 heteroatoms. The molecule has 25 heavy (non-hydrogen) atoms. The fraction of sp³-hybridized carbons (Fsp3) is 0.176. The highest BCUT2D eigenvalue weighted by molar-refractivity contribution is 7.80. The average molecular weight is 362 g/mol. The Morgan fingerprint density at radius 3 is 2.20 bits per heavy atom. The molecule has 0 bridgehead atoms. The van der Waals surface area contributed by atoms with E-state index in [1.165, 1.54) is 45.6 Å². The van der Waals surface area contributed by atoms with Gasteiger partial charge in [-0.25, -0.2) is 0 Å². The summed E-state index contributed by atoms with van der Waals surface area (Å²) in [4.78, 5) is 12.4. The molecule has 2 aromatic rings. The van der Waals surface area contributed by atoms with Gasteiger partial charge in [-0.15, -0.1) is 0 Å². The Balaban J connectivity index is 2.16. The molecule has 7 nitrogen and oxygen atoms in total. The van der Waals surface area contributed by atoms with Crippen LogP contribution in [0.25, 0.3) is 0 Å². The average Bonchev–Trinajstić information content (AvgIpc) is 2.60. The monoisotopic (exact) mass is 362 g/mol. The van der Waals surface area contributed by atoms with Crippen molar-refractivity contribution in [1.82, 2.24) is 5.32 Å². The van der Waals surface area contributed by atoms with Crippen LogP contribution in [0.1, 0.15) is 10.4 Å². The van der Waals surface area contributed by atoms with Crippen molar-refractivity contribution in [3.05, 3.63) is 42.0 Å². The topological polar surface area (TPSA) is 89.1 Å². The molecule has 0 aliphatic heterocycles. The number of ether oxygens (including phenoxy) is 3. The van der Waals surface area contributed by atoms with Gasteiger partial charge in [0, 0.05) is 17.3 Å². The SMILES string of the molecule is COc1cc(C(=O)NC(=S)Nc2cccc(O)c2)cc(OC)c1OC. The standard InChI is InChI=1S/C17H18N2O5S/c1-22-13-7-10(8-14(23-2)15(13)24-3)16(21)19-17(25)18-11-5-4-6-12(20)9-11/h4-9,20H,1-3H3,(H2,18,19,21,25). The molecule has 2 rings (SSSR count). The van der Waals surface area contributed by atoms with E-state index in [0.29, 0.717) is 22.9 Å². The number of methoxy groups -OCH3 is 3. The highest BCUT2D eigenvalue weighted by Gasteiger charge is 2.17. The van der Waals surface area contributed by atoms with E-state index in [0.717, 1.165) is 0 Å². The molecule has 0 spiro atoms. The number of carbonyl (C=O) groups is 1. The lowest BCUT2D eigenvalue weighted by Gasteiger charge is -2.14. The smallest absolute Gasteiger partial charge is 0.257 e. The van der Waals surface area contributed by atoms with Crippen LogP contribution in [-0.4, -0.2) is 37.5 Å². The van der Waals surface area contributed by atoms with Gasteiger partial charge in [0.1, 0.15) is 5.75 Å². The largest absolute Gasteiger partial charge is 0.508 e. The van der Waals surface area contributed by atoms with Crippen molar-refractivity contribution in [2.45, 2.75) is 0 Å². The third kappa shape index (κ3) is 4.51. The zero-order valence-corrected chi connectivity index (χ0v) is 14.8. The lowest BCUT2D eigenvalue weighted by molar-refractivity contribution is 0.0977. The summed E-state index contributed by atoms with van der Waals surface area (Å²) in [5.41, 5.74) is 0.838. The summed E-state index contributed by atoms with van der Waals surface area (Å²) in [6, 6.07) is 9.42. The number of benzene rings is 2. The summed E-state index contributed by atoms with van der Waals surface area (Å²) in [5.74, 6) is 0.750. The van der Waals surface area contributed by atoms with E-state index < -0.39 is 5.91 Å². The van der Waals surface area contributed by atoms with Gasteiger partial charge in [0.05, 0.1) is 21.3 Å². The lowest BCUT2D eigenvalue weighted by atomic mass is 10.1. The van der Waals surface area contributed by atoms with Crippen LogP contribution in [0.2, 0.25) is 0 Å². The van der Waals surface area contributed by atoms with Crippen LogP contribution in [0.4, 0.5) is 5.69 Å². The van der Waals surface area contributed by atoms with Crippen LogP contribution in [0, 0.1) is 0 Å². The second-order valence-corrected chi connectivity index (χ2v) is 5.28. The minimum Gasteiger partial charge on any atom is -0.508 e. The predicted octanol–water partition coefficient (Wildman–Crippen LogP) is 2.54. The van der Waals surface area contributed by atoms with E-state index in [2.05, 4.69) is 10.6 Å². The maximum atomic E-state index is 12.4. The van der Waals surface area contributed by atoms with Crippen molar-refractivity contribution in [2.75, 3.05) is 26.6 Å². The highest BCUT2D eigenvalue weighted by atomic mass is 32.1. The van der Waals surface area contributed by atoms with Crippen molar-refractivity contribution in [3.8, 4) is 23.0 Å². The van der Waals surface area contributed by atoms with Gasteiger partial charge in [-0.05, 0) is 36.5 Å². The molecule has 3 N–H and O–H groups in total. The van der Waals surface area contributed by atoms with E-state index in [4.69, 9.17) is 26.4 Å². The fourth-order valence-corrected chi connectivity index (χ4v) is 2.34. The van der Waals surface area contributed by atoms with E-state index >= 15 is 0 Å². The number of rotatable bonds is 5. The van der Waals surface area contributed by atoms with E-state index in [1.807, 2.05) is 0 Å². The molecular formula is C17H18N2O5S. The number of hydrogen-bond donors (Lipinski definition) is 3. The molecule has 0 radical (unpaired) electrons. The van der Waals surface area contributed by atoms with Crippen LogP contribution in [0.5, 0.6) is 23.0 Å². The Labute approximate surface area is 150 Å². The van der Waals surface area contributed by atoms with Gasteiger partial charge in [0.2, 0.25) is 5.75 Å². The lowest BCUT2D eigenvalue weighted by Crippen LogP contribution is -2.34. The van der Waals surface area contributed by atoms with Crippen LogP contribution < -0.4 is 24.8 Å². The Bertz CT molecular complexity index is 769. The summed E-state index contributed by atoms with van der Waals surface area (Å²) in [6.45, 7) is 0. The van der Waals surface area contributed by atoms with Gasteiger partial charge in [0.15, 0.2) is 16.6 Å². The number of phenols is 1. The molecule has 0 saturated carbocycles. The second kappa shape index (κ2) is 8.20. The number of thiocarbonyl (C=S) groups is 1. The molecule has 0 saturated heterocycles. The normalized spacial score (nSPS) is 9.88. The summed E-state index contributed by atoms with van der Waals surface area (Å²) < 4.78 is 15.7. The van der Waals surface area contributed by atoms with Crippen LogP contribution in [-0.2, 0) is 0 Å². The maximum absolute atomic E-state index is 12.4. The molecule has 0 heterocycles. The molecule has 0 aliphatic rings. The summed E-state index contributed by atoms with van der Waals surface area (Å²) >= 11 is 5.11. The van der Waals surface area contributed by atoms with Crippen LogP contribution >= 0.6 is 12.2 Å². The Hall–Kier alpha value is -3.00. The van der Waals surface area contributed by atoms with Gasteiger partial charge in [-0.2, -0.15) is 0 Å². The predicted molar refractivity (Wildman–Crippen MR) is 97.9 cm³/mol. The third-order valence-electron chi connectivity index (χ3n) is 3.26. The minimum absolute atomic E-state index is 0.0868. The van der Waals surface area contributed by atoms with Crippen molar-refractivity contribution in [1.29, 1.82) is 0 Å². The van der Waals surface area contributed by atoms with Gasteiger partial charge >= 0.3 is 0 Å². The van der Waals surface area contributed by atoms with E-state index in [1.54, 1.807) is 12.1 Å². The van der Waals surface area contributed by atoms with E-state index in [9.17, 15) is 9.90 Å². The molecule has 132 valence electrons. The van der Waals surface area contributed by atoms with Gasteiger partial charge in [-0.1, -0.05) is 6.07 Å². The second-order valence-electron chi connectivity index (χ2n) is 4.87. The van der Waals surface area contributed by atoms with Crippen LogP contribution in [0.15, 0.2) is 36.4 Å². The molecule has 0 atom stereocenters. The van der Waals surface area contributed by atoms with Gasteiger partial charge < -0.3 is 24.6 Å². The summed E-state index contributed by atoms with van der Waals surface area (Å²) in [6.07, 6.45) is 0. The van der Waals surface area contributed by atoms with Crippen LogP contribution in [0.3, 0.4) is 0 Å². The number of phenolic OH excluding ortho intramolecular Hbond substituents is 1. The first-order valence-corrected chi connectivity index (χ1v) is 7.60. The number of carbonyl (C=O) groups excluding carboxylic acids is 1. The van der Waals surface area contributed by atoms with Crippen molar-refractivity contribution in [2.24, 2.45) is 0 Å². The highest BCUT2D eigenvalue weighted by Crippen LogP contribution is 2.38. The third-order valence-corrected chi connectivity index (χ3v) is 3.46. The number of nitrogens with one attached hydrogen (secondary N) is 2. The Morgan fingerprint density at radius 1 is 1.04 bits per heavy atom. The molecule has 0 aromatic heterocycles. The first-order valence-electron chi connectivity index (χ1n) is 7.20. The first-order chi connectivity index (χ1) is 12.0. The molecule has 1 amide bonds. The molecule has 0 fully saturated rings. The number of amides is 1. The van der Waals surface area contributed by atoms with Crippen molar-refractivity contribution < 1.29 is 24.1 Å². The summed E-state index contributed by atoms with van der Waals surface area (Å²) in [7, 11) is 4.41. The molecular weight excluding hydrogens is 344 g/mol. The maximum Gasteiger partial charge on any atom is 0.257 e. The number of anilines is 1. The molecule has 0 aliphatic carbocycles. The zero-order valence-electron chi connectivity index (χ0n) is 14.0. The van der Waals surface area contributed by atoms with Crippen molar-refractivity contribution >= 4 is 28.9 Å². The fourth-order valence-electron chi connectivity index (χ4n) is 2.13. The van der Waals surface area contributed by atoms with Crippen molar-refractivity contribution in [3.63, 3.8) is 0 Å². The molecule has 0 unspecified atom stereocenters. The van der Waals surface area contributed by atoms with Gasteiger partial charge in [0.25, 0.3) is 5.91 Å². The Morgan fingerprint density at radius 2 is 1.68 bits per heavy atom. The minimum atomic E-state index is -0.447. The van der Waals surface area contributed by atoms with Gasteiger partial charge in [-0.3, -0.25) is 10.1 Å². The molecule has 2 aromatic carbocycles. The first kappa shape index (κ1) is 18.3. The number of hydrogen-bond acceptors (Lipinski definition) is 6. The number of aromatic hydroxyl groups is 1. The van der Waals surface area contributed by atoms with E-state index in [-0.39, 0.29) is 16.4 Å². The zero-order chi connectivity index (χ0) is 18.4.